The molecule has 0 fully saturated rings. The lowest BCUT2D eigenvalue weighted by molar-refractivity contribution is -0.142. The van der Waals surface area contributed by atoms with Crippen LogP contribution in [0.25, 0.3) is 0 Å². The Morgan fingerprint density at radius 3 is 2.32 bits per heavy atom. The fourth-order valence-corrected chi connectivity index (χ4v) is 2.42. The zero-order chi connectivity index (χ0) is 13.8. The first-order valence-electron chi connectivity index (χ1n) is 6.32. The van der Waals surface area contributed by atoms with Crippen LogP contribution in [0.4, 0.5) is 0 Å². The fourth-order valence-electron chi connectivity index (χ4n) is 2.42. The number of nitrogens with one attached hydrogen (secondary N) is 1. The number of aliphatic carboxylic acids is 1. The maximum Gasteiger partial charge on any atom is 0.326 e. The molecule has 0 saturated carbocycles. The van der Waals surface area contributed by atoms with Gasteiger partial charge in [-0.05, 0) is 24.0 Å². The van der Waals surface area contributed by atoms with E-state index in [4.69, 9.17) is 10.2 Å². The molecule has 5 nitrogen and oxygen atoms in total. The second-order valence-electron chi connectivity index (χ2n) is 4.79. The molecule has 1 aromatic rings. The van der Waals surface area contributed by atoms with Gasteiger partial charge in [0, 0.05) is 18.9 Å². The standard InChI is InChI=1S/C14H17NO4/c16-6-5-12(14(18)19)15-13(17)11-7-9-3-1-2-4-10(9)8-11/h1-4,11-12,16H,5-8H2,(H,15,17)(H,18,19)/t12-/m1/s1. The van der Waals surface area contributed by atoms with Crippen LogP contribution in [-0.2, 0) is 22.4 Å². The van der Waals surface area contributed by atoms with E-state index in [1.165, 1.54) is 0 Å². The fraction of sp³-hybridized carbons (Fsp3) is 0.429. The monoisotopic (exact) mass is 263 g/mol. The predicted molar refractivity (Wildman–Crippen MR) is 68.6 cm³/mol. The van der Waals surface area contributed by atoms with Gasteiger partial charge >= 0.3 is 5.97 Å². The zero-order valence-electron chi connectivity index (χ0n) is 10.5. The average molecular weight is 263 g/mol. The predicted octanol–water partition coefficient (Wildman–Crippen LogP) is 0.353. The largest absolute Gasteiger partial charge is 0.480 e. The maximum atomic E-state index is 12.0. The zero-order valence-corrected chi connectivity index (χ0v) is 10.5. The third kappa shape index (κ3) is 3.12. The van der Waals surface area contributed by atoms with Crippen molar-refractivity contribution in [1.82, 2.24) is 5.32 Å². The van der Waals surface area contributed by atoms with Gasteiger partial charge in [-0.3, -0.25) is 4.79 Å². The van der Waals surface area contributed by atoms with Crippen LogP contribution in [0, 0.1) is 5.92 Å². The summed E-state index contributed by atoms with van der Waals surface area (Å²) in [4.78, 5) is 23.0. The molecule has 0 unspecified atom stereocenters. The number of aliphatic hydroxyl groups excluding tert-OH is 1. The lowest BCUT2D eigenvalue weighted by Crippen LogP contribution is -2.44. The van der Waals surface area contributed by atoms with Crippen molar-refractivity contribution < 1.29 is 19.8 Å². The highest BCUT2D eigenvalue weighted by molar-refractivity contribution is 5.85. The minimum absolute atomic E-state index is 0.0285. The van der Waals surface area contributed by atoms with Crippen molar-refractivity contribution in [1.29, 1.82) is 0 Å². The van der Waals surface area contributed by atoms with Crippen molar-refractivity contribution in [2.75, 3.05) is 6.61 Å². The Labute approximate surface area is 111 Å². The van der Waals surface area contributed by atoms with Crippen molar-refractivity contribution in [3.05, 3.63) is 35.4 Å². The first-order chi connectivity index (χ1) is 9.11. The lowest BCUT2D eigenvalue weighted by atomic mass is 10.0. The molecular weight excluding hydrogens is 246 g/mol. The van der Waals surface area contributed by atoms with Crippen molar-refractivity contribution in [3.63, 3.8) is 0 Å². The first kappa shape index (κ1) is 13.5. The number of rotatable bonds is 5. The molecule has 19 heavy (non-hydrogen) atoms. The molecule has 0 saturated heterocycles. The summed E-state index contributed by atoms with van der Waals surface area (Å²) >= 11 is 0. The van der Waals surface area contributed by atoms with Crippen LogP contribution in [-0.4, -0.2) is 34.7 Å². The number of carbonyl (C=O) groups excluding carboxylic acids is 1. The number of benzene rings is 1. The van der Waals surface area contributed by atoms with Gasteiger partial charge in [0.15, 0.2) is 0 Å². The molecule has 0 aliphatic heterocycles. The molecule has 2 rings (SSSR count). The molecule has 102 valence electrons. The van der Waals surface area contributed by atoms with E-state index in [1.54, 1.807) is 0 Å². The van der Waals surface area contributed by atoms with E-state index in [-0.39, 0.29) is 24.9 Å². The maximum absolute atomic E-state index is 12.0. The SMILES string of the molecule is O=C(N[C@H](CCO)C(=O)O)C1Cc2ccccc2C1. The number of amides is 1. The van der Waals surface area contributed by atoms with E-state index in [1.807, 2.05) is 24.3 Å². The van der Waals surface area contributed by atoms with Gasteiger partial charge in [0.2, 0.25) is 5.91 Å². The van der Waals surface area contributed by atoms with E-state index in [9.17, 15) is 9.59 Å². The molecule has 1 aliphatic carbocycles. The first-order valence-corrected chi connectivity index (χ1v) is 6.32. The Hall–Kier alpha value is -1.88. The highest BCUT2D eigenvalue weighted by atomic mass is 16.4. The molecule has 0 aromatic heterocycles. The normalized spacial score (nSPS) is 15.8. The quantitative estimate of drug-likeness (QED) is 0.715. The average Bonchev–Trinajstić information content (AvgIpc) is 2.81. The van der Waals surface area contributed by atoms with Gasteiger partial charge in [0.05, 0.1) is 0 Å². The molecular formula is C14H17NO4. The van der Waals surface area contributed by atoms with E-state index < -0.39 is 12.0 Å². The van der Waals surface area contributed by atoms with Gasteiger partial charge in [-0.15, -0.1) is 0 Å². The lowest BCUT2D eigenvalue weighted by Gasteiger charge is -2.16. The van der Waals surface area contributed by atoms with Crippen LogP contribution < -0.4 is 5.32 Å². The number of carboxylic acid groups (broad SMARTS) is 1. The number of fused-ring (bicyclic) bond motifs is 1. The third-order valence-electron chi connectivity index (χ3n) is 3.45. The van der Waals surface area contributed by atoms with Gasteiger partial charge in [-0.1, -0.05) is 24.3 Å². The molecule has 3 N–H and O–H groups in total. The van der Waals surface area contributed by atoms with Crippen molar-refractivity contribution in [3.8, 4) is 0 Å². The molecule has 1 amide bonds. The van der Waals surface area contributed by atoms with Gasteiger partial charge in [-0.2, -0.15) is 0 Å². The molecule has 1 atom stereocenters. The number of carbonyl (C=O) groups is 2. The highest BCUT2D eigenvalue weighted by Crippen LogP contribution is 2.26. The van der Waals surface area contributed by atoms with Crippen LogP contribution >= 0.6 is 0 Å². The third-order valence-corrected chi connectivity index (χ3v) is 3.45. The molecule has 1 aliphatic rings. The number of hydrogen-bond acceptors (Lipinski definition) is 3. The van der Waals surface area contributed by atoms with Crippen LogP contribution in [0.15, 0.2) is 24.3 Å². The topological polar surface area (TPSA) is 86.6 Å². The summed E-state index contributed by atoms with van der Waals surface area (Å²) in [6, 6.07) is 6.84. The van der Waals surface area contributed by atoms with Crippen LogP contribution in [0.1, 0.15) is 17.5 Å². The smallest absolute Gasteiger partial charge is 0.326 e. The van der Waals surface area contributed by atoms with Gasteiger partial charge in [-0.25, -0.2) is 4.79 Å². The summed E-state index contributed by atoms with van der Waals surface area (Å²) in [5.74, 6) is -1.58. The highest BCUT2D eigenvalue weighted by Gasteiger charge is 2.29. The van der Waals surface area contributed by atoms with E-state index >= 15 is 0 Å². The van der Waals surface area contributed by atoms with Crippen LogP contribution in [0.5, 0.6) is 0 Å². The van der Waals surface area contributed by atoms with Crippen LogP contribution in [0.3, 0.4) is 0 Å². The van der Waals surface area contributed by atoms with E-state index in [2.05, 4.69) is 5.32 Å². The van der Waals surface area contributed by atoms with Crippen molar-refractivity contribution in [2.45, 2.75) is 25.3 Å². The Morgan fingerprint density at radius 1 is 1.26 bits per heavy atom. The molecule has 1 aromatic carbocycles. The second kappa shape index (κ2) is 5.84. The van der Waals surface area contributed by atoms with E-state index in [0.717, 1.165) is 11.1 Å². The Kier molecular flexibility index (Phi) is 4.16. The van der Waals surface area contributed by atoms with E-state index in [0.29, 0.717) is 12.8 Å². The minimum atomic E-state index is -1.11. The summed E-state index contributed by atoms with van der Waals surface area (Å²) in [6.45, 7) is -0.262. The number of carboxylic acids is 1. The number of hydrogen-bond donors (Lipinski definition) is 3. The minimum Gasteiger partial charge on any atom is -0.480 e. The number of aliphatic hydroxyl groups is 1. The summed E-state index contributed by atoms with van der Waals surface area (Å²) in [5.41, 5.74) is 2.30. The molecule has 0 radical (unpaired) electrons. The van der Waals surface area contributed by atoms with Crippen molar-refractivity contribution in [2.24, 2.45) is 5.92 Å². The summed E-state index contributed by atoms with van der Waals surface area (Å²) in [5, 5.41) is 20.2. The molecule has 0 spiro atoms. The van der Waals surface area contributed by atoms with Crippen LogP contribution in [0.2, 0.25) is 0 Å². The summed E-state index contributed by atoms with van der Waals surface area (Å²) in [6.07, 6.45) is 1.32. The van der Waals surface area contributed by atoms with Gasteiger partial charge in [0.25, 0.3) is 0 Å². The summed E-state index contributed by atoms with van der Waals surface area (Å²) < 4.78 is 0. The molecule has 5 heteroatoms. The van der Waals surface area contributed by atoms with Gasteiger partial charge < -0.3 is 15.5 Å². The molecule has 0 bridgehead atoms. The Balaban J connectivity index is 1.97. The van der Waals surface area contributed by atoms with Gasteiger partial charge in [0.1, 0.15) is 6.04 Å². The Morgan fingerprint density at radius 2 is 1.84 bits per heavy atom. The molecule has 0 heterocycles. The van der Waals surface area contributed by atoms with Crippen molar-refractivity contribution >= 4 is 11.9 Å². The second-order valence-corrected chi connectivity index (χ2v) is 4.79. The Bertz CT molecular complexity index is 461. The summed E-state index contributed by atoms with van der Waals surface area (Å²) in [7, 11) is 0.